The van der Waals surface area contributed by atoms with Crippen LogP contribution in [0.5, 0.6) is 11.5 Å². The van der Waals surface area contributed by atoms with Gasteiger partial charge in [0, 0.05) is 22.6 Å². The monoisotopic (exact) mass is 569 g/mol. The predicted molar refractivity (Wildman–Crippen MR) is 154 cm³/mol. The predicted octanol–water partition coefficient (Wildman–Crippen LogP) is 7.87. The summed E-state index contributed by atoms with van der Waals surface area (Å²) in [6.45, 7) is 0.209. The van der Waals surface area contributed by atoms with Gasteiger partial charge in [0.15, 0.2) is 11.5 Å². The minimum atomic E-state index is -0.209. The SMILES string of the molecule is COc1cc(Cl)cc(C=Nn2c(C3CCCCC3)nc3ccccc3c2=O)c1OCc1ccc(Cl)c(Cl)c1. The molecule has 38 heavy (non-hydrogen) atoms. The number of hydrogen-bond acceptors (Lipinski definition) is 5. The Hall–Kier alpha value is -3.06. The quantitative estimate of drug-likeness (QED) is 0.212. The Kier molecular flexibility index (Phi) is 8.22. The van der Waals surface area contributed by atoms with Crippen LogP contribution in [0.1, 0.15) is 55.0 Å². The first-order valence-corrected chi connectivity index (χ1v) is 13.6. The van der Waals surface area contributed by atoms with Crippen molar-refractivity contribution in [3.63, 3.8) is 0 Å². The zero-order valence-corrected chi connectivity index (χ0v) is 23.1. The van der Waals surface area contributed by atoms with Crippen LogP contribution in [-0.4, -0.2) is 23.0 Å². The standard InChI is InChI=1S/C29H26Cl3N3O3/c1-37-26-15-21(30)14-20(27(26)38-17-18-11-12-23(31)24(32)13-18)16-33-35-28(19-7-3-2-4-8-19)34-25-10-6-5-9-22(25)29(35)36/h5-6,9-16,19H,2-4,7-8,17H2,1H3. The molecule has 9 heteroatoms. The molecule has 0 bridgehead atoms. The van der Waals surface area contributed by atoms with Gasteiger partial charge in [-0.25, -0.2) is 4.98 Å². The molecule has 0 saturated heterocycles. The molecule has 1 aliphatic carbocycles. The number of rotatable bonds is 7. The topological polar surface area (TPSA) is 65.7 Å². The normalized spacial score (nSPS) is 14.3. The van der Waals surface area contributed by atoms with Gasteiger partial charge in [-0.2, -0.15) is 9.78 Å². The lowest BCUT2D eigenvalue weighted by Crippen LogP contribution is -2.25. The van der Waals surface area contributed by atoms with Crippen LogP contribution in [0.2, 0.25) is 15.1 Å². The zero-order valence-electron chi connectivity index (χ0n) is 20.8. The molecule has 1 heterocycles. The van der Waals surface area contributed by atoms with E-state index in [1.54, 1.807) is 36.5 Å². The third-order valence-electron chi connectivity index (χ3n) is 6.70. The van der Waals surface area contributed by atoms with Gasteiger partial charge < -0.3 is 9.47 Å². The summed E-state index contributed by atoms with van der Waals surface area (Å²) in [5.74, 6) is 1.72. The molecular weight excluding hydrogens is 545 g/mol. The van der Waals surface area contributed by atoms with E-state index < -0.39 is 0 Å². The molecule has 1 aliphatic rings. The number of aromatic nitrogens is 2. The van der Waals surface area contributed by atoms with Crippen LogP contribution in [0, 0.1) is 0 Å². The van der Waals surface area contributed by atoms with Crippen molar-refractivity contribution in [2.75, 3.05) is 7.11 Å². The fourth-order valence-corrected chi connectivity index (χ4v) is 5.31. The summed E-state index contributed by atoms with van der Waals surface area (Å²) in [5.41, 5.74) is 1.86. The molecule has 0 amide bonds. The third-order valence-corrected chi connectivity index (χ3v) is 7.65. The summed E-state index contributed by atoms with van der Waals surface area (Å²) in [6.07, 6.45) is 6.93. The molecule has 0 atom stereocenters. The van der Waals surface area contributed by atoms with Crippen molar-refractivity contribution in [3.8, 4) is 11.5 Å². The average molecular weight is 571 g/mol. The zero-order chi connectivity index (χ0) is 26.6. The Bertz CT molecular complexity index is 1560. The maximum Gasteiger partial charge on any atom is 0.282 e. The number of methoxy groups -OCH3 is 1. The second kappa shape index (κ2) is 11.8. The van der Waals surface area contributed by atoms with E-state index in [9.17, 15) is 4.79 Å². The number of para-hydroxylation sites is 1. The largest absolute Gasteiger partial charge is 0.493 e. The lowest BCUT2D eigenvalue weighted by atomic mass is 9.88. The van der Waals surface area contributed by atoms with Crippen molar-refractivity contribution in [1.29, 1.82) is 0 Å². The molecule has 196 valence electrons. The molecule has 1 fully saturated rings. The molecule has 4 aromatic rings. The molecule has 3 aromatic carbocycles. The third kappa shape index (κ3) is 5.68. The molecule has 0 radical (unpaired) electrons. The van der Waals surface area contributed by atoms with E-state index in [1.807, 2.05) is 24.3 Å². The summed E-state index contributed by atoms with van der Waals surface area (Å²) in [4.78, 5) is 18.4. The van der Waals surface area contributed by atoms with Crippen molar-refractivity contribution in [2.24, 2.45) is 5.10 Å². The molecule has 1 aromatic heterocycles. The first-order chi connectivity index (χ1) is 18.4. The van der Waals surface area contributed by atoms with E-state index in [1.165, 1.54) is 18.2 Å². The van der Waals surface area contributed by atoms with Crippen LogP contribution in [0.15, 0.2) is 64.5 Å². The van der Waals surface area contributed by atoms with Gasteiger partial charge in [0.05, 0.1) is 34.3 Å². The van der Waals surface area contributed by atoms with Crippen LogP contribution in [-0.2, 0) is 6.61 Å². The van der Waals surface area contributed by atoms with Crippen molar-refractivity contribution >= 4 is 51.9 Å². The smallest absolute Gasteiger partial charge is 0.282 e. The van der Waals surface area contributed by atoms with E-state index in [4.69, 9.17) is 49.3 Å². The fourth-order valence-electron chi connectivity index (χ4n) is 4.77. The van der Waals surface area contributed by atoms with Crippen molar-refractivity contribution in [1.82, 2.24) is 9.66 Å². The van der Waals surface area contributed by atoms with Gasteiger partial charge in [-0.05, 0) is 48.7 Å². The van der Waals surface area contributed by atoms with Gasteiger partial charge in [0.2, 0.25) is 0 Å². The average Bonchev–Trinajstić information content (AvgIpc) is 2.93. The summed E-state index contributed by atoms with van der Waals surface area (Å²) in [7, 11) is 1.54. The number of benzene rings is 3. The number of hydrogen-bond donors (Lipinski definition) is 0. The lowest BCUT2D eigenvalue weighted by molar-refractivity contribution is 0.284. The Morgan fingerprint density at radius 3 is 2.58 bits per heavy atom. The van der Waals surface area contributed by atoms with Crippen LogP contribution in [0.25, 0.3) is 10.9 Å². The maximum atomic E-state index is 13.6. The maximum absolute atomic E-state index is 13.6. The van der Waals surface area contributed by atoms with Gasteiger partial charge in [-0.3, -0.25) is 4.79 Å². The number of nitrogens with zero attached hydrogens (tertiary/aromatic N) is 3. The Balaban J connectivity index is 1.56. The summed E-state index contributed by atoms with van der Waals surface area (Å²) in [6, 6.07) is 16.1. The highest BCUT2D eigenvalue weighted by Crippen LogP contribution is 2.35. The fraction of sp³-hybridized carbons (Fsp3) is 0.276. The minimum Gasteiger partial charge on any atom is -0.493 e. The van der Waals surface area contributed by atoms with E-state index in [0.29, 0.717) is 48.9 Å². The van der Waals surface area contributed by atoms with Crippen LogP contribution >= 0.6 is 34.8 Å². The van der Waals surface area contributed by atoms with Crippen molar-refractivity contribution in [3.05, 3.63) is 97.0 Å². The highest BCUT2D eigenvalue weighted by molar-refractivity contribution is 6.42. The molecule has 6 nitrogen and oxygen atoms in total. The summed E-state index contributed by atoms with van der Waals surface area (Å²) in [5, 5.41) is 6.52. The molecule has 0 spiro atoms. The molecule has 0 N–H and O–H groups in total. The van der Waals surface area contributed by atoms with Crippen LogP contribution < -0.4 is 15.0 Å². The van der Waals surface area contributed by atoms with Crippen molar-refractivity contribution in [2.45, 2.75) is 44.6 Å². The molecular formula is C29H26Cl3N3O3. The van der Waals surface area contributed by atoms with Gasteiger partial charge in [0.1, 0.15) is 12.4 Å². The second-order valence-electron chi connectivity index (χ2n) is 9.25. The minimum absolute atomic E-state index is 0.164. The molecule has 0 aliphatic heterocycles. The number of ether oxygens (including phenoxy) is 2. The van der Waals surface area contributed by atoms with Gasteiger partial charge in [-0.15, -0.1) is 0 Å². The summed E-state index contributed by atoms with van der Waals surface area (Å²) >= 11 is 18.6. The number of fused-ring (bicyclic) bond motifs is 1. The van der Waals surface area contributed by atoms with E-state index in [0.717, 1.165) is 31.2 Å². The first kappa shape index (κ1) is 26.5. The van der Waals surface area contributed by atoms with Gasteiger partial charge in [0.25, 0.3) is 5.56 Å². The lowest BCUT2D eigenvalue weighted by Gasteiger charge is -2.22. The first-order valence-electron chi connectivity index (χ1n) is 12.4. The summed E-state index contributed by atoms with van der Waals surface area (Å²) < 4.78 is 13.1. The van der Waals surface area contributed by atoms with E-state index >= 15 is 0 Å². The Morgan fingerprint density at radius 1 is 1.03 bits per heavy atom. The van der Waals surface area contributed by atoms with Crippen LogP contribution in [0.3, 0.4) is 0 Å². The van der Waals surface area contributed by atoms with E-state index in [-0.39, 0.29) is 18.1 Å². The van der Waals surface area contributed by atoms with Gasteiger partial charge >= 0.3 is 0 Å². The molecule has 5 rings (SSSR count). The van der Waals surface area contributed by atoms with Gasteiger partial charge in [-0.1, -0.05) is 72.3 Å². The van der Waals surface area contributed by atoms with Crippen LogP contribution in [0.4, 0.5) is 0 Å². The second-order valence-corrected chi connectivity index (χ2v) is 10.5. The molecule has 0 unspecified atom stereocenters. The molecule has 1 saturated carbocycles. The highest BCUT2D eigenvalue weighted by atomic mass is 35.5. The Morgan fingerprint density at radius 2 is 1.82 bits per heavy atom. The number of halogens is 3. The van der Waals surface area contributed by atoms with Crippen molar-refractivity contribution < 1.29 is 9.47 Å². The highest BCUT2D eigenvalue weighted by Gasteiger charge is 2.22. The van der Waals surface area contributed by atoms with E-state index in [2.05, 4.69) is 5.10 Å². The Labute approximate surface area is 235 Å².